The fraction of sp³-hybridized carbons (Fsp3) is 0.767. The van der Waals surface area contributed by atoms with Crippen molar-refractivity contribution in [1.29, 1.82) is 0 Å². The molecule has 0 radical (unpaired) electrons. The van der Waals surface area contributed by atoms with E-state index in [9.17, 15) is 9.59 Å². The summed E-state index contributed by atoms with van der Waals surface area (Å²) in [7, 11) is 0. The Hall–Kier alpha value is -1.91. The first-order valence-electron chi connectivity index (χ1n) is 14.0. The Balaban J connectivity index is 1.43. The summed E-state index contributed by atoms with van der Waals surface area (Å²) in [5.74, 6) is 2.49. The van der Waals surface area contributed by atoms with E-state index >= 15 is 0 Å². The predicted octanol–water partition coefficient (Wildman–Crippen LogP) is 5.68. The van der Waals surface area contributed by atoms with Crippen LogP contribution in [-0.2, 0) is 22.4 Å². The van der Waals surface area contributed by atoms with Crippen LogP contribution in [0.25, 0.3) is 0 Å². The molecule has 0 spiro atoms. The summed E-state index contributed by atoms with van der Waals surface area (Å²) in [4.78, 5) is 27.8. The molecule has 5 aliphatic rings. The Kier molecular flexibility index (Phi) is 5.07. The molecule has 1 N–H and O–H groups in total. The second-order valence-electron chi connectivity index (χ2n) is 13.8. The number of aromatic nitrogens is 1. The number of allylic oxidation sites excluding steroid dienone is 2. The average molecular weight is 479 g/mol. The van der Waals surface area contributed by atoms with Crippen molar-refractivity contribution in [2.45, 2.75) is 92.4 Å². The highest BCUT2D eigenvalue weighted by molar-refractivity contribution is 5.96. The molecule has 7 unspecified atom stereocenters. The lowest BCUT2D eigenvalue weighted by atomic mass is 9.39. The van der Waals surface area contributed by atoms with E-state index in [0.717, 1.165) is 57.1 Å². The summed E-state index contributed by atoms with van der Waals surface area (Å²) >= 11 is 0. The summed E-state index contributed by atoms with van der Waals surface area (Å²) in [6, 6.07) is 0. The van der Waals surface area contributed by atoms with Crippen LogP contribution >= 0.6 is 0 Å². The zero-order valence-corrected chi connectivity index (χ0v) is 22.2. The Morgan fingerprint density at radius 1 is 1.09 bits per heavy atom. The molecule has 6 rings (SSSR count). The minimum atomic E-state index is -0.382. The molecule has 5 nitrogen and oxygen atoms in total. The number of carbonyl (C=O) groups is 2. The molecule has 1 heterocycles. The van der Waals surface area contributed by atoms with Crippen LogP contribution < -0.4 is 5.32 Å². The van der Waals surface area contributed by atoms with Crippen molar-refractivity contribution in [2.75, 3.05) is 6.54 Å². The Morgan fingerprint density at radius 3 is 2.66 bits per heavy atom. The summed E-state index contributed by atoms with van der Waals surface area (Å²) < 4.78 is 5.58. The Labute approximate surface area is 209 Å². The van der Waals surface area contributed by atoms with Gasteiger partial charge in [-0.05, 0) is 98.4 Å². The van der Waals surface area contributed by atoms with E-state index in [1.54, 1.807) is 0 Å². The lowest BCUT2D eigenvalue weighted by Crippen LogP contribution is -2.62. The molecule has 5 heteroatoms. The van der Waals surface area contributed by atoms with Gasteiger partial charge in [0.1, 0.15) is 5.76 Å². The molecule has 0 bridgehead atoms. The molecule has 35 heavy (non-hydrogen) atoms. The molecule has 7 atom stereocenters. The zero-order chi connectivity index (χ0) is 24.8. The van der Waals surface area contributed by atoms with Gasteiger partial charge in [-0.2, -0.15) is 0 Å². The van der Waals surface area contributed by atoms with Crippen molar-refractivity contribution in [3.63, 3.8) is 0 Å². The molecule has 5 aliphatic carbocycles. The SMILES string of the molecule is CCNC(=O)C12CCC3C(C(=O)C=C4C5(C)Cc6cnoc6CC5CCC43C)C1CC(C)(C)CC2. The topological polar surface area (TPSA) is 72.2 Å². The Bertz CT molecular complexity index is 1100. The third kappa shape index (κ3) is 3.15. The van der Waals surface area contributed by atoms with Gasteiger partial charge in [-0.1, -0.05) is 38.4 Å². The molecule has 3 saturated carbocycles. The number of hydrogen-bond acceptors (Lipinski definition) is 4. The van der Waals surface area contributed by atoms with E-state index in [4.69, 9.17) is 4.52 Å². The maximum Gasteiger partial charge on any atom is 0.226 e. The van der Waals surface area contributed by atoms with E-state index in [-0.39, 0.29) is 39.4 Å². The smallest absolute Gasteiger partial charge is 0.226 e. The molecule has 0 aliphatic heterocycles. The zero-order valence-electron chi connectivity index (χ0n) is 22.2. The third-order valence-corrected chi connectivity index (χ3v) is 11.6. The largest absolute Gasteiger partial charge is 0.361 e. The standard InChI is InChI=1S/C30H42N2O3/c1-6-31-26(34)30-10-8-20-25(21(30)16-27(2,3)11-12-30)22(33)14-24-28(20,4)9-7-19-13-23-18(17-32-35-23)15-29(19,24)5/h14,17,19-21,25H,6-13,15-16H2,1-5H3,(H,31,34). The first-order valence-corrected chi connectivity index (χ1v) is 14.0. The van der Waals surface area contributed by atoms with E-state index in [2.05, 4.69) is 44.2 Å². The van der Waals surface area contributed by atoms with Crippen LogP contribution in [0.15, 0.2) is 22.4 Å². The molecular formula is C30H42N2O3. The van der Waals surface area contributed by atoms with Gasteiger partial charge in [0.2, 0.25) is 5.91 Å². The third-order valence-electron chi connectivity index (χ3n) is 11.6. The molecule has 3 fully saturated rings. The second-order valence-corrected chi connectivity index (χ2v) is 13.8. The van der Waals surface area contributed by atoms with Gasteiger partial charge in [0.05, 0.1) is 11.6 Å². The molecular weight excluding hydrogens is 436 g/mol. The molecule has 1 amide bonds. The predicted molar refractivity (Wildman–Crippen MR) is 134 cm³/mol. The normalized spacial score (nSPS) is 43.6. The monoisotopic (exact) mass is 478 g/mol. The van der Waals surface area contributed by atoms with Crippen LogP contribution in [0.3, 0.4) is 0 Å². The number of nitrogens with one attached hydrogen (secondary N) is 1. The van der Waals surface area contributed by atoms with Gasteiger partial charge in [-0.25, -0.2) is 0 Å². The lowest BCUT2D eigenvalue weighted by molar-refractivity contribution is -0.161. The number of fused-ring (bicyclic) bond motifs is 8. The van der Waals surface area contributed by atoms with Crippen LogP contribution in [0.4, 0.5) is 0 Å². The highest BCUT2D eigenvalue weighted by atomic mass is 16.5. The minimum Gasteiger partial charge on any atom is -0.361 e. The fourth-order valence-electron chi connectivity index (χ4n) is 9.67. The van der Waals surface area contributed by atoms with Gasteiger partial charge in [0, 0.05) is 24.4 Å². The van der Waals surface area contributed by atoms with Gasteiger partial charge in [-0.15, -0.1) is 0 Å². The van der Waals surface area contributed by atoms with Crippen LogP contribution in [0.2, 0.25) is 0 Å². The van der Waals surface area contributed by atoms with E-state index in [0.29, 0.717) is 24.2 Å². The summed E-state index contributed by atoms with van der Waals surface area (Å²) in [5.41, 5.74) is 2.40. The van der Waals surface area contributed by atoms with Crippen molar-refractivity contribution in [3.05, 3.63) is 29.2 Å². The van der Waals surface area contributed by atoms with Gasteiger partial charge < -0.3 is 9.84 Å². The molecule has 190 valence electrons. The summed E-state index contributed by atoms with van der Waals surface area (Å²) in [6.07, 6.45) is 13.0. The molecule has 1 aromatic heterocycles. The maximum atomic E-state index is 14.2. The van der Waals surface area contributed by atoms with Gasteiger partial charge in [-0.3, -0.25) is 9.59 Å². The van der Waals surface area contributed by atoms with Crippen LogP contribution in [0, 0.1) is 45.3 Å². The van der Waals surface area contributed by atoms with E-state index < -0.39 is 0 Å². The van der Waals surface area contributed by atoms with Crippen molar-refractivity contribution in [1.82, 2.24) is 10.5 Å². The van der Waals surface area contributed by atoms with Gasteiger partial charge in [0.15, 0.2) is 5.78 Å². The van der Waals surface area contributed by atoms with Crippen molar-refractivity contribution in [3.8, 4) is 0 Å². The van der Waals surface area contributed by atoms with E-state index in [1.807, 2.05) is 13.1 Å². The minimum absolute atomic E-state index is 0.0213. The van der Waals surface area contributed by atoms with Gasteiger partial charge in [0.25, 0.3) is 0 Å². The highest BCUT2D eigenvalue weighted by Gasteiger charge is 2.65. The van der Waals surface area contributed by atoms with Crippen LogP contribution in [-0.4, -0.2) is 23.4 Å². The van der Waals surface area contributed by atoms with Crippen molar-refractivity contribution in [2.24, 2.45) is 45.3 Å². The number of hydrogen-bond donors (Lipinski definition) is 1. The maximum absolute atomic E-state index is 14.2. The highest BCUT2D eigenvalue weighted by Crippen LogP contribution is 2.69. The fourth-order valence-corrected chi connectivity index (χ4v) is 9.67. The number of amides is 1. The number of rotatable bonds is 2. The van der Waals surface area contributed by atoms with Gasteiger partial charge >= 0.3 is 0 Å². The number of nitrogens with zero attached hydrogens (tertiary/aromatic N) is 1. The number of carbonyl (C=O) groups excluding carboxylic acids is 2. The van der Waals surface area contributed by atoms with Crippen molar-refractivity contribution >= 4 is 11.7 Å². The van der Waals surface area contributed by atoms with E-state index in [1.165, 1.54) is 17.6 Å². The van der Waals surface area contributed by atoms with Crippen LogP contribution in [0.5, 0.6) is 0 Å². The Morgan fingerprint density at radius 2 is 1.89 bits per heavy atom. The average Bonchev–Trinajstić information content (AvgIpc) is 3.25. The molecule has 0 aromatic carbocycles. The van der Waals surface area contributed by atoms with Crippen LogP contribution in [0.1, 0.15) is 90.9 Å². The quantitative estimate of drug-likeness (QED) is 0.594. The molecule has 1 aromatic rings. The second kappa shape index (κ2) is 7.55. The lowest BCUT2D eigenvalue weighted by Gasteiger charge is -2.64. The first kappa shape index (κ1) is 23.5. The first-order chi connectivity index (χ1) is 16.5. The van der Waals surface area contributed by atoms with Crippen molar-refractivity contribution < 1.29 is 14.1 Å². The summed E-state index contributed by atoms with van der Waals surface area (Å²) in [6.45, 7) is 12.2. The summed E-state index contributed by atoms with van der Waals surface area (Å²) in [5, 5.41) is 7.27. The molecule has 0 saturated heterocycles. The number of ketones is 1.